The molecular formula is C24H28N4O4. The van der Waals surface area contributed by atoms with Gasteiger partial charge in [-0.3, -0.25) is 9.59 Å². The first-order chi connectivity index (χ1) is 15.4. The molecule has 0 heterocycles. The zero-order valence-corrected chi connectivity index (χ0v) is 18.5. The molecule has 2 N–H and O–H groups in total. The van der Waals surface area contributed by atoms with Crippen molar-refractivity contribution in [2.75, 3.05) is 13.2 Å². The zero-order chi connectivity index (χ0) is 23.3. The van der Waals surface area contributed by atoms with Crippen LogP contribution in [0, 0.1) is 24.2 Å². The van der Waals surface area contributed by atoms with Crippen LogP contribution in [0.4, 0.5) is 0 Å². The summed E-state index contributed by atoms with van der Waals surface area (Å²) in [6.45, 7) is 5.53. The number of hydrogen-bond acceptors (Lipinski definition) is 6. The molecule has 0 aliphatic rings. The van der Waals surface area contributed by atoms with E-state index < -0.39 is 17.9 Å². The predicted octanol–water partition coefficient (Wildman–Crippen LogP) is 2.96. The normalized spacial score (nSPS) is 11.6. The Bertz CT molecular complexity index is 982. The number of amides is 2. The molecule has 0 bridgehead atoms. The molecule has 0 saturated carbocycles. The largest absolute Gasteiger partial charge is 0.484 e. The Labute approximate surface area is 188 Å². The van der Waals surface area contributed by atoms with E-state index in [4.69, 9.17) is 14.7 Å². The van der Waals surface area contributed by atoms with Crippen LogP contribution in [-0.4, -0.2) is 37.3 Å². The summed E-state index contributed by atoms with van der Waals surface area (Å²) in [5, 5.41) is 15.4. The van der Waals surface area contributed by atoms with Crippen LogP contribution in [0.15, 0.2) is 53.6 Å². The van der Waals surface area contributed by atoms with Crippen molar-refractivity contribution in [3.05, 3.63) is 59.7 Å². The van der Waals surface area contributed by atoms with Crippen LogP contribution in [-0.2, 0) is 9.59 Å². The molecule has 0 radical (unpaired) electrons. The Morgan fingerprint density at radius 2 is 1.78 bits per heavy atom. The van der Waals surface area contributed by atoms with E-state index in [9.17, 15) is 9.59 Å². The van der Waals surface area contributed by atoms with Crippen molar-refractivity contribution in [1.82, 2.24) is 10.7 Å². The maximum atomic E-state index is 12.6. The molecule has 2 aromatic carbocycles. The summed E-state index contributed by atoms with van der Waals surface area (Å²) in [7, 11) is 0. The third kappa shape index (κ3) is 8.11. The van der Waals surface area contributed by atoms with Gasteiger partial charge < -0.3 is 14.8 Å². The Morgan fingerprint density at radius 1 is 1.09 bits per heavy atom. The van der Waals surface area contributed by atoms with Gasteiger partial charge in [0.1, 0.15) is 23.6 Å². The number of nitrogens with zero attached hydrogens (tertiary/aromatic N) is 2. The molecule has 8 heteroatoms. The summed E-state index contributed by atoms with van der Waals surface area (Å²) < 4.78 is 10.9. The molecule has 2 rings (SSSR count). The number of aryl methyl sites for hydroxylation is 1. The van der Waals surface area contributed by atoms with Crippen molar-refractivity contribution in [2.45, 2.75) is 33.2 Å². The van der Waals surface area contributed by atoms with E-state index in [0.29, 0.717) is 23.5 Å². The molecule has 0 unspecified atom stereocenters. The van der Waals surface area contributed by atoms with Gasteiger partial charge in [-0.2, -0.15) is 10.4 Å². The molecule has 8 nitrogen and oxygen atoms in total. The highest BCUT2D eigenvalue weighted by atomic mass is 16.5. The summed E-state index contributed by atoms with van der Waals surface area (Å²) in [6, 6.07) is 15.6. The Kier molecular flexibility index (Phi) is 9.72. The summed E-state index contributed by atoms with van der Waals surface area (Å²) in [4.78, 5) is 25.0. The fraction of sp³-hybridized carbons (Fsp3) is 0.333. The van der Waals surface area contributed by atoms with Crippen LogP contribution in [0.3, 0.4) is 0 Å². The fourth-order valence-electron chi connectivity index (χ4n) is 2.87. The lowest BCUT2D eigenvalue weighted by atomic mass is 10.0. The van der Waals surface area contributed by atoms with Crippen molar-refractivity contribution in [3.63, 3.8) is 0 Å². The van der Waals surface area contributed by atoms with Gasteiger partial charge in [-0.25, -0.2) is 5.43 Å². The highest BCUT2D eigenvalue weighted by Crippen LogP contribution is 2.16. The van der Waals surface area contributed by atoms with E-state index in [1.165, 1.54) is 6.21 Å². The lowest BCUT2D eigenvalue weighted by Gasteiger charge is -2.19. The van der Waals surface area contributed by atoms with Gasteiger partial charge in [0.05, 0.1) is 6.21 Å². The number of rotatable bonds is 11. The zero-order valence-electron chi connectivity index (χ0n) is 18.5. The van der Waals surface area contributed by atoms with Gasteiger partial charge in [-0.1, -0.05) is 44.2 Å². The molecule has 0 aliphatic heterocycles. The van der Waals surface area contributed by atoms with Gasteiger partial charge in [-0.05, 0) is 43.0 Å². The SMILES string of the molecule is Cc1ccccc1OCC(=O)N[C@@H](CC(C)C)C(=O)N/N=C\c1ccccc1OCC#N. The van der Waals surface area contributed by atoms with Gasteiger partial charge in [0.2, 0.25) is 0 Å². The number of carbonyl (C=O) groups is 2. The van der Waals surface area contributed by atoms with E-state index in [1.807, 2.05) is 45.0 Å². The lowest BCUT2D eigenvalue weighted by molar-refractivity contribution is -0.130. The van der Waals surface area contributed by atoms with E-state index in [0.717, 1.165) is 5.56 Å². The van der Waals surface area contributed by atoms with Gasteiger partial charge in [0.15, 0.2) is 13.2 Å². The van der Waals surface area contributed by atoms with Gasteiger partial charge >= 0.3 is 0 Å². The second-order valence-corrected chi connectivity index (χ2v) is 7.52. The topological polar surface area (TPSA) is 113 Å². The monoisotopic (exact) mass is 436 g/mol. The van der Waals surface area contributed by atoms with Crippen molar-refractivity contribution >= 4 is 18.0 Å². The number of nitrogens with one attached hydrogen (secondary N) is 2. The Morgan fingerprint density at radius 3 is 2.47 bits per heavy atom. The van der Waals surface area contributed by atoms with Crippen LogP contribution in [0.5, 0.6) is 11.5 Å². The van der Waals surface area contributed by atoms with Gasteiger partial charge in [-0.15, -0.1) is 0 Å². The van der Waals surface area contributed by atoms with E-state index in [1.54, 1.807) is 30.3 Å². The maximum absolute atomic E-state index is 12.6. The first kappa shape index (κ1) is 24.4. The molecule has 0 saturated heterocycles. The van der Waals surface area contributed by atoms with E-state index in [2.05, 4.69) is 15.8 Å². The standard InChI is InChI=1S/C24H28N4O4/c1-17(2)14-20(27-23(29)16-32-21-10-6-4-8-18(21)3)24(30)28-26-15-19-9-5-7-11-22(19)31-13-12-25/h4-11,15,17,20H,13-14,16H2,1-3H3,(H,27,29)(H,28,30)/b26-15-/t20-/m0/s1. The number of benzene rings is 2. The lowest BCUT2D eigenvalue weighted by Crippen LogP contribution is -2.47. The van der Waals surface area contributed by atoms with Gasteiger partial charge in [0.25, 0.3) is 11.8 Å². The second kappa shape index (κ2) is 12.7. The third-order valence-corrected chi connectivity index (χ3v) is 4.40. The molecule has 0 aliphatic carbocycles. The summed E-state index contributed by atoms with van der Waals surface area (Å²) >= 11 is 0. The van der Waals surface area contributed by atoms with Crippen LogP contribution < -0.4 is 20.2 Å². The molecule has 0 fully saturated rings. The average molecular weight is 437 g/mol. The molecule has 2 amide bonds. The fourth-order valence-corrected chi connectivity index (χ4v) is 2.87. The molecule has 0 aromatic heterocycles. The highest BCUT2D eigenvalue weighted by molar-refractivity contribution is 5.89. The number of nitriles is 1. The van der Waals surface area contributed by atoms with E-state index >= 15 is 0 Å². The predicted molar refractivity (Wildman–Crippen MR) is 121 cm³/mol. The minimum Gasteiger partial charge on any atom is -0.484 e. The smallest absolute Gasteiger partial charge is 0.262 e. The van der Waals surface area contributed by atoms with Crippen molar-refractivity contribution in [3.8, 4) is 17.6 Å². The summed E-state index contributed by atoms with van der Waals surface area (Å²) in [5.74, 6) is 0.442. The summed E-state index contributed by atoms with van der Waals surface area (Å²) in [6.07, 6.45) is 1.87. The molecular weight excluding hydrogens is 408 g/mol. The molecule has 0 spiro atoms. The van der Waals surface area contributed by atoms with Crippen LogP contribution in [0.1, 0.15) is 31.4 Å². The van der Waals surface area contributed by atoms with Crippen molar-refractivity contribution in [1.29, 1.82) is 5.26 Å². The first-order valence-electron chi connectivity index (χ1n) is 10.3. The number of para-hydroxylation sites is 2. The quantitative estimate of drug-likeness (QED) is 0.415. The minimum absolute atomic E-state index is 0.0930. The summed E-state index contributed by atoms with van der Waals surface area (Å²) in [5.41, 5.74) is 3.99. The number of hydrazone groups is 1. The second-order valence-electron chi connectivity index (χ2n) is 7.52. The van der Waals surface area contributed by atoms with Crippen LogP contribution >= 0.6 is 0 Å². The maximum Gasteiger partial charge on any atom is 0.262 e. The van der Waals surface area contributed by atoms with Crippen LogP contribution in [0.2, 0.25) is 0 Å². The number of carbonyl (C=O) groups excluding carboxylic acids is 2. The molecule has 168 valence electrons. The molecule has 32 heavy (non-hydrogen) atoms. The Balaban J connectivity index is 1.96. The average Bonchev–Trinajstić information content (AvgIpc) is 2.77. The highest BCUT2D eigenvalue weighted by Gasteiger charge is 2.22. The number of ether oxygens (including phenoxy) is 2. The number of hydrogen-bond donors (Lipinski definition) is 2. The Hall–Kier alpha value is -3.86. The van der Waals surface area contributed by atoms with Crippen molar-refractivity contribution < 1.29 is 19.1 Å². The van der Waals surface area contributed by atoms with Crippen molar-refractivity contribution in [2.24, 2.45) is 11.0 Å². The van der Waals surface area contributed by atoms with Gasteiger partial charge in [0, 0.05) is 5.56 Å². The van der Waals surface area contributed by atoms with E-state index in [-0.39, 0.29) is 19.1 Å². The van der Waals surface area contributed by atoms with Crippen LogP contribution in [0.25, 0.3) is 0 Å². The minimum atomic E-state index is -0.759. The molecule has 2 aromatic rings. The third-order valence-electron chi connectivity index (χ3n) is 4.40. The first-order valence-corrected chi connectivity index (χ1v) is 10.3. The molecule has 1 atom stereocenters.